The van der Waals surface area contributed by atoms with Gasteiger partial charge in [0.25, 0.3) is 0 Å². The molecule has 26 heavy (non-hydrogen) atoms. The molecule has 1 rings (SSSR count). The molecule has 1 fully saturated rings. The topological polar surface area (TPSA) is 3.24 Å². The van der Waals surface area contributed by atoms with Crippen molar-refractivity contribution in [1.29, 1.82) is 0 Å². The maximum Gasteiger partial charge on any atom is 0.00918 e. The molecule has 0 aromatic carbocycles. The van der Waals surface area contributed by atoms with Crippen LogP contribution in [0.1, 0.15) is 99.8 Å². The zero-order valence-electron chi connectivity index (χ0n) is 19.7. The third kappa shape index (κ3) is 7.53. The van der Waals surface area contributed by atoms with E-state index < -0.39 is 0 Å². The van der Waals surface area contributed by atoms with Gasteiger partial charge in [-0.05, 0) is 81.2 Å². The van der Waals surface area contributed by atoms with Crippen molar-refractivity contribution in [3.05, 3.63) is 0 Å². The fraction of sp³-hybridized carbons (Fsp3) is 1.00. The highest BCUT2D eigenvalue weighted by Gasteiger charge is 2.29. The highest BCUT2D eigenvalue weighted by molar-refractivity contribution is 4.81. The van der Waals surface area contributed by atoms with E-state index in [0.29, 0.717) is 0 Å². The largest absolute Gasteiger partial charge is 0.306 e. The summed E-state index contributed by atoms with van der Waals surface area (Å²) < 4.78 is 0. The van der Waals surface area contributed by atoms with Crippen LogP contribution in [0.15, 0.2) is 0 Å². The molecule has 0 spiro atoms. The van der Waals surface area contributed by atoms with Gasteiger partial charge in [-0.3, -0.25) is 0 Å². The first-order valence-electron chi connectivity index (χ1n) is 11.8. The average molecular weight is 366 g/mol. The Morgan fingerprint density at radius 2 is 1.35 bits per heavy atom. The summed E-state index contributed by atoms with van der Waals surface area (Å²) in [5, 5.41) is 0. The number of hydrogen-bond acceptors (Lipinski definition) is 1. The molecule has 156 valence electrons. The monoisotopic (exact) mass is 365 g/mol. The van der Waals surface area contributed by atoms with Crippen LogP contribution in [0.25, 0.3) is 0 Å². The first-order valence-corrected chi connectivity index (χ1v) is 11.8. The van der Waals surface area contributed by atoms with Crippen LogP contribution in [-0.4, -0.2) is 25.0 Å². The Kier molecular flexibility index (Phi) is 10.8. The van der Waals surface area contributed by atoms with Gasteiger partial charge in [0.2, 0.25) is 0 Å². The van der Waals surface area contributed by atoms with E-state index >= 15 is 0 Å². The van der Waals surface area contributed by atoms with Crippen LogP contribution >= 0.6 is 0 Å². The molecule has 1 aliphatic carbocycles. The minimum Gasteiger partial charge on any atom is -0.306 e. The molecule has 0 aliphatic heterocycles. The van der Waals surface area contributed by atoms with Gasteiger partial charge >= 0.3 is 0 Å². The summed E-state index contributed by atoms with van der Waals surface area (Å²) >= 11 is 0. The van der Waals surface area contributed by atoms with Crippen molar-refractivity contribution < 1.29 is 0 Å². The summed E-state index contributed by atoms with van der Waals surface area (Å²) in [6.07, 6.45) is 11.2. The second-order valence-electron chi connectivity index (χ2n) is 10.5. The molecule has 8 unspecified atom stereocenters. The SMILES string of the molecule is CCCC(CC1CCC(C)C(C)C(C)CCC(C)CC(C)C1C)N(C)C. The standard InChI is InChI=1S/C25H51N/c1-10-11-25(26(8)9)17-24-15-14-20(4)22(6)19(3)13-12-18(2)16-21(5)23(24)7/h18-25H,10-17H2,1-9H3. The average Bonchev–Trinajstić information content (AvgIpc) is 2.59. The van der Waals surface area contributed by atoms with E-state index in [-0.39, 0.29) is 0 Å². The molecule has 1 heteroatoms. The van der Waals surface area contributed by atoms with Crippen molar-refractivity contribution >= 4 is 0 Å². The summed E-state index contributed by atoms with van der Waals surface area (Å²) in [6, 6.07) is 0.761. The minimum atomic E-state index is 0.761. The van der Waals surface area contributed by atoms with Gasteiger partial charge < -0.3 is 4.90 Å². The normalized spacial score (nSPS) is 39.2. The van der Waals surface area contributed by atoms with Crippen LogP contribution in [0.2, 0.25) is 0 Å². The number of rotatable bonds is 5. The van der Waals surface area contributed by atoms with E-state index in [0.717, 1.165) is 47.5 Å². The van der Waals surface area contributed by atoms with Crippen molar-refractivity contribution in [2.24, 2.45) is 41.4 Å². The van der Waals surface area contributed by atoms with Crippen molar-refractivity contribution in [1.82, 2.24) is 4.90 Å². The first-order chi connectivity index (χ1) is 12.2. The van der Waals surface area contributed by atoms with E-state index in [1.165, 1.54) is 51.4 Å². The lowest BCUT2D eigenvalue weighted by atomic mass is 9.70. The zero-order chi connectivity index (χ0) is 19.9. The second-order valence-corrected chi connectivity index (χ2v) is 10.5. The molecule has 0 aromatic rings. The molecule has 0 aromatic heterocycles. The van der Waals surface area contributed by atoms with Gasteiger partial charge in [0.15, 0.2) is 0 Å². The molecule has 0 saturated heterocycles. The Hall–Kier alpha value is -0.0400. The van der Waals surface area contributed by atoms with Crippen LogP contribution in [0.5, 0.6) is 0 Å². The van der Waals surface area contributed by atoms with Gasteiger partial charge in [0, 0.05) is 6.04 Å². The number of nitrogens with zero attached hydrogens (tertiary/aromatic N) is 1. The summed E-state index contributed by atoms with van der Waals surface area (Å²) in [5.41, 5.74) is 0. The van der Waals surface area contributed by atoms with E-state index in [4.69, 9.17) is 0 Å². The quantitative estimate of drug-likeness (QED) is 0.487. The summed E-state index contributed by atoms with van der Waals surface area (Å²) in [5.74, 6) is 6.12. The van der Waals surface area contributed by atoms with Crippen molar-refractivity contribution in [2.75, 3.05) is 14.1 Å². The van der Waals surface area contributed by atoms with Gasteiger partial charge in [0.05, 0.1) is 0 Å². The van der Waals surface area contributed by atoms with Crippen LogP contribution in [0.3, 0.4) is 0 Å². The van der Waals surface area contributed by atoms with Crippen LogP contribution in [0, 0.1) is 41.4 Å². The molecule has 0 heterocycles. The molecule has 1 saturated carbocycles. The Bertz CT molecular complexity index is 363. The van der Waals surface area contributed by atoms with E-state index in [2.05, 4.69) is 67.5 Å². The Morgan fingerprint density at radius 3 is 1.88 bits per heavy atom. The highest BCUT2D eigenvalue weighted by Crippen LogP contribution is 2.38. The molecule has 0 amide bonds. The van der Waals surface area contributed by atoms with Crippen LogP contribution < -0.4 is 0 Å². The smallest absolute Gasteiger partial charge is 0.00918 e. The fourth-order valence-corrected chi connectivity index (χ4v) is 5.41. The molecule has 0 radical (unpaired) electrons. The van der Waals surface area contributed by atoms with Gasteiger partial charge in [-0.1, -0.05) is 74.1 Å². The van der Waals surface area contributed by atoms with Crippen LogP contribution in [0.4, 0.5) is 0 Å². The third-order valence-electron chi connectivity index (χ3n) is 8.25. The zero-order valence-corrected chi connectivity index (χ0v) is 19.7. The van der Waals surface area contributed by atoms with E-state index in [1.54, 1.807) is 0 Å². The predicted octanol–water partition coefficient (Wildman–Crippen LogP) is 7.50. The lowest BCUT2D eigenvalue weighted by Crippen LogP contribution is -2.33. The Labute approximate surface area is 166 Å². The molecular weight excluding hydrogens is 314 g/mol. The first kappa shape index (κ1) is 24.0. The Balaban J connectivity index is 2.93. The van der Waals surface area contributed by atoms with Gasteiger partial charge in [0.1, 0.15) is 0 Å². The summed E-state index contributed by atoms with van der Waals surface area (Å²) in [4.78, 5) is 2.49. The van der Waals surface area contributed by atoms with Crippen molar-refractivity contribution in [2.45, 2.75) is 106 Å². The molecule has 8 atom stereocenters. The maximum atomic E-state index is 2.57. The summed E-state index contributed by atoms with van der Waals surface area (Å²) in [6.45, 7) is 17.5. The van der Waals surface area contributed by atoms with Gasteiger partial charge in [-0.25, -0.2) is 0 Å². The van der Waals surface area contributed by atoms with E-state index in [1.807, 2.05) is 0 Å². The molecular formula is C25H51N. The summed E-state index contributed by atoms with van der Waals surface area (Å²) in [7, 11) is 4.58. The second kappa shape index (κ2) is 11.7. The molecule has 1 aliphatic rings. The molecule has 0 bridgehead atoms. The maximum absolute atomic E-state index is 2.57. The predicted molar refractivity (Wildman–Crippen MR) is 119 cm³/mol. The molecule has 0 N–H and O–H groups in total. The van der Waals surface area contributed by atoms with Gasteiger partial charge in [-0.2, -0.15) is 0 Å². The molecule has 1 nitrogen and oxygen atoms in total. The van der Waals surface area contributed by atoms with E-state index in [9.17, 15) is 0 Å². The number of hydrogen-bond donors (Lipinski definition) is 0. The highest BCUT2D eigenvalue weighted by atomic mass is 15.1. The minimum absolute atomic E-state index is 0.761. The lowest BCUT2D eigenvalue weighted by molar-refractivity contribution is 0.131. The van der Waals surface area contributed by atoms with Gasteiger partial charge in [-0.15, -0.1) is 0 Å². The lowest BCUT2D eigenvalue weighted by Gasteiger charge is -2.37. The third-order valence-corrected chi connectivity index (χ3v) is 8.25. The van der Waals surface area contributed by atoms with Crippen molar-refractivity contribution in [3.63, 3.8) is 0 Å². The van der Waals surface area contributed by atoms with Crippen LogP contribution in [-0.2, 0) is 0 Å². The Morgan fingerprint density at radius 1 is 0.769 bits per heavy atom. The van der Waals surface area contributed by atoms with Crippen molar-refractivity contribution in [3.8, 4) is 0 Å². The fourth-order valence-electron chi connectivity index (χ4n) is 5.41.